The Balaban J connectivity index is 1.33. The van der Waals surface area contributed by atoms with Crippen LogP contribution in [0.1, 0.15) is 9.67 Å². The number of hydrogen-bond acceptors (Lipinski definition) is 5. The standard InChI is InChI=1S/C23H12Cl2FN3O2S2/c24-12-4-6-15-18(9-12)33-20(19(15)25)21(30)29-23(32)27-14-5-7-17-16(10-14)28-22(31-17)11-2-1-3-13(26)8-11/h1-10H,(H2,27,29,30,32). The largest absolute Gasteiger partial charge is 0.436 e. The van der Waals surface area contributed by atoms with E-state index in [2.05, 4.69) is 15.6 Å². The van der Waals surface area contributed by atoms with Gasteiger partial charge in [0.25, 0.3) is 5.91 Å². The second-order valence-corrected chi connectivity index (χ2v) is 9.28. The number of carbonyl (C=O) groups is 1. The number of carbonyl (C=O) groups excluding carboxylic acids is 1. The van der Waals surface area contributed by atoms with Gasteiger partial charge in [-0.25, -0.2) is 9.37 Å². The predicted molar refractivity (Wildman–Crippen MR) is 135 cm³/mol. The molecule has 0 atom stereocenters. The minimum absolute atomic E-state index is 0.0970. The van der Waals surface area contributed by atoms with Crippen molar-refractivity contribution in [1.82, 2.24) is 10.3 Å². The minimum atomic E-state index is -0.425. The third kappa shape index (κ3) is 4.43. The number of oxazole rings is 1. The zero-order valence-corrected chi connectivity index (χ0v) is 19.6. The van der Waals surface area contributed by atoms with Gasteiger partial charge in [0.15, 0.2) is 10.7 Å². The van der Waals surface area contributed by atoms with E-state index in [9.17, 15) is 9.18 Å². The molecular formula is C23H12Cl2FN3O2S2. The predicted octanol–water partition coefficient (Wildman–Crippen LogP) is 7.28. The van der Waals surface area contributed by atoms with E-state index in [4.69, 9.17) is 39.8 Å². The van der Waals surface area contributed by atoms with Crippen molar-refractivity contribution < 1.29 is 13.6 Å². The number of thiocarbonyl (C=S) groups is 1. The summed E-state index contributed by atoms with van der Waals surface area (Å²) in [5.41, 5.74) is 2.22. The quantitative estimate of drug-likeness (QED) is 0.247. The van der Waals surface area contributed by atoms with Gasteiger partial charge in [0.1, 0.15) is 16.2 Å². The maximum absolute atomic E-state index is 13.5. The smallest absolute Gasteiger partial charge is 0.269 e. The molecule has 0 saturated carbocycles. The van der Waals surface area contributed by atoms with Crippen molar-refractivity contribution in [3.63, 3.8) is 0 Å². The van der Waals surface area contributed by atoms with Crippen molar-refractivity contribution in [3.05, 3.63) is 81.4 Å². The fourth-order valence-corrected chi connectivity index (χ4v) is 5.16. The van der Waals surface area contributed by atoms with E-state index in [1.165, 1.54) is 23.5 Å². The molecule has 10 heteroatoms. The van der Waals surface area contributed by atoms with Gasteiger partial charge in [-0.05, 0) is 60.7 Å². The molecule has 33 heavy (non-hydrogen) atoms. The number of benzene rings is 3. The number of amides is 1. The molecule has 0 unspecified atom stereocenters. The van der Waals surface area contributed by atoms with Gasteiger partial charge in [0.2, 0.25) is 5.89 Å². The van der Waals surface area contributed by atoms with Gasteiger partial charge in [0, 0.05) is 26.4 Å². The highest BCUT2D eigenvalue weighted by Crippen LogP contribution is 2.36. The summed E-state index contributed by atoms with van der Waals surface area (Å²) in [6, 6.07) is 16.4. The Labute approximate surface area is 206 Å². The molecule has 5 nitrogen and oxygen atoms in total. The second kappa shape index (κ2) is 8.72. The molecule has 5 aromatic rings. The van der Waals surface area contributed by atoms with Crippen molar-refractivity contribution in [2.75, 3.05) is 5.32 Å². The number of fused-ring (bicyclic) bond motifs is 2. The number of hydrogen-bond donors (Lipinski definition) is 2. The van der Waals surface area contributed by atoms with Crippen LogP contribution in [0.4, 0.5) is 10.1 Å². The van der Waals surface area contributed by atoms with E-state index in [1.54, 1.807) is 48.5 Å². The van der Waals surface area contributed by atoms with Gasteiger partial charge in [0.05, 0.1) is 5.02 Å². The van der Waals surface area contributed by atoms with Crippen LogP contribution in [0.3, 0.4) is 0 Å². The molecule has 5 rings (SSSR count). The Morgan fingerprint density at radius 3 is 2.76 bits per heavy atom. The van der Waals surface area contributed by atoms with Gasteiger partial charge in [-0.3, -0.25) is 10.1 Å². The molecule has 0 aliphatic rings. The summed E-state index contributed by atoms with van der Waals surface area (Å²) in [7, 11) is 0. The number of rotatable bonds is 3. The van der Waals surface area contributed by atoms with E-state index in [0.717, 1.165) is 10.1 Å². The summed E-state index contributed by atoms with van der Waals surface area (Å²) in [5, 5.41) is 7.35. The SMILES string of the molecule is O=C(NC(=S)Nc1ccc2oc(-c3cccc(F)c3)nc2c1)c1sc2cc(Cl)ccc2c1Cl. The molecule has 2 aromatic heterocycles. The third-order valence-electron chi connectivity index (χ3n) is 4.74. The molecule has 0 bridgehead atoms. The molecule has 0 spiro atoms. The highest BCUT2D eigenvalue weighted by Gasteiger charge is 2.18. The van der Waals surface area contributed by atoms with Gasteiger partial charge in [-0.1, -0.05) is 35.3 Å². The van der Waals surface area contributed by atoms with Crippen LogP contribution in [0.15, 0.2) is 65.1 Å². The lowest BCUT2D eigenvalue weighted by Crippen LogP contribution is -2.33. The van der Waals surface area contributed by atoms with Crippen LogP contribution in [0, 0.1) is 5.82 Å². The zero-order chi connectivity index (χ0) is 23.1. The third-order valence-corrected chi connectivity index (χ3v) is 6.84. The Morgan fingerprint density at radius 2 is 1.94 bits per heavy atom. The Bertz CT molecular complexity index is 1560. The van der Waals surface area contributed by atoms with E-state index < -0.39 is 5.91 Å². The topological polar surface area (TPSA) is 67.2 Å². The van der Waals surface area contributed by atoms with Crippen molar-refractivity contribution >= 4 is 84.6 Å². The Morgan fingerprint density at radius 1 is 1.09 bits per heavy atom. The Kier molecular flexibility index (Phi) is 5.76. The molecule has 1 amide bonds. The van der Waals surface area contributed by atoms with Crippen LogP contribution in [-0.2, 0) is 0 Å². The summed E-state index contributed by atoms with van der Waals surface area (Å²) in [5.74, 6) is -0.497. The molecule has 2 N–H and O–H groups in total. The number of nitrogens with zero attached hydrogens (tertiary/aromatic N) is 1. The van der Waals surface area contributed by atoms with E-state index in [0.29, 0.717) is 43.2 Å². The summed E-state index contributed by atoms with van der Waals surface area (Å²) in [4.78, 5) is 17.5. The van der Waals surface area contributed by atoms with E-state index in [1.807, 2.05) is 0 Å². The average molecular weight is 516 g/mol. The van der Waals surface area contributed by atoms with Gasteiger partial charge < -0.3 is 9.73 Å². The molecule has 0 saturated heterocycles. The zero-order valence-electron chi connectivity index (χ0n) is 16.5. The van der Waals surface area contributed by atoms with Crippen LogP contribution >= 0.6 is 46.8 Å². The monoisotopic (exact) mass is 515 g/mol. The molecule has 0 aliphatic heterocycles. The number of aromatic nitrogens is 1. The van der Waals surface area contributed by atoms with Gasteiger partial charge in [-0.15, -0.1) is 11.3 Å². The molecule has 0 radical (unpaired) electrons. The Hall–Kier alpha value is -3.04. The summed E-state index contributed by atoms with van der Waals surface area (Å²) in [6.07, 6.45) is 0. The fourth-order valence-electron chi connectivity index (χ4n) is 3.26. The van der Waals surface area contributed by atoms with Crippen LogP contribution in [-0.4, -0.2) is 16.0 Å². The molecule has 2 heterocycles. The van der Waals surface area contributed by atoms with Gasteiger partial charge in [-0.2, -0.15) is 0 Å². The van der Waals surface area contributed by atoms with Crippen molar-refractivity contribution in [3.8, 4) is 11.5 Å². The second-order valence-electron chi connectivity index (χ2n) is 7.01. The average Bonchev–Trinajstić information content (AvgIpc) is 3.34. The first kappa shape index (κ1) is 21.8. The number of halogens is 3. The van der Waals surface area contributed by atoms with Crippen molar-refractivity contribution in [1.29, 1.82) is 0 Å². The van der Waals surface area contributed by atoms with E-state index in [-0.39, 0.29) is 10.9 Å². The first-order chi connectivity index (χ1) is 15.9. The fraction of sp³-hybridized carbons (Fsp3) is 0. The lowest BCUT2D eigenvalue weighted by Gasteiger charge is -2.08. The normalized spacial score (nSPS) is 11.1. The number of nitrogens with one attached hydrogen (secondary N) is 2. The summed E-state index contributed by atoms with van der Waals surface area (Å²) < 4.78 is 20.0. The van der Waals surface area contributed by atoms with Crippen LogP contribution < -0.4 is 10.6 Å². The van der Waals surface area contributed by atoms with Crippen molar-refractivity contribution in [2.24, 2.45) is 0 Å². The minimum Gasteiger partial charge on any atom is -0.436 e. The molecule has 164 valence electrons. The van der Waals surface area contributed by atoms with Crippen LogP contribution in [0.2, 0.25) is 10.0 Å². The number of anilines is 1. The summed E-state index contributed by atoms with van der Waals surface area (Å²) in [6.45, 7) is 0. The van der Waals surface area contributed by atoms with Crippen molar-refractivity contribution in [2.45, 2.75) is 0 Å². The molecule has 0 fully saturated rings. The number of thiophene rings is 1. The van der Waals surface area contributed by atoms with Crippen LogP contribution in [0.25, 0.3) is 32.6 Å². The highest BCUT2D eigenvalue weighted by atomic mass is 35.5. The summed E-state index contributed by atoms with van der Waals surface area (Å²) >= 11 is 18.9. The molecule has 0 aliphatic carbocycles. The highest BCUT2D eigenvalue weighted by molar-refractivity contribution is 7.80. The van der Waals surface area contributed by atoms with E-state index >= 15 is 0 Å². The maximum atomic E-state index is 13.5. The maximum Gasteiger partial charge on any atom is 0.269 e. The lowest BCUT2D eigenvalue weighted by atomic mass is 10.2. The molecular weight excluding hydrogens is 504 g/mol. The lowest BCUT2D eigenvalue weighted by molar-refractivity contribution is 0.0982. The first-order valence-electron chi connectivity index (χ1n) is 9.54. The van der Waals surface area contributed by atoms with Crippen LogP contribution in [0.5, 0.6) is 0 Å². The molecule has 3 aromatic carbocycles. The van der Waals surface area contributed by atoms with Gasteiger partial charge >= 0.3 is 0 Å². The first-order valence-corrected chi connectivity index (χ1v) is 11.5.